The quantitative estimate of drug-likeness (QED) is 0.728. The van der Waals surface area contributed by atoms with Gasteiger partial charge in [0, 0.05) is 5.69 Å². The molecule has 4 rings (SSSR count). The predicted octanol–water partition coefficient (Wildman–Crippen LogP) is 3.38. The van der Waals surface area contributed by atoms with Crippen LogP contribution >= 0.6 is 0 Å². The van der Waals surface area contributed by atoms with E-state index in [1.165, 1.54) is 4.90 Å². The molecule has 0 saturated heterocycles. The second-order valence-corrected chi connectivity index (χ2v) is 7.83. The fourth-order valence-electron chi connectivity index (χ4n) is 4.01. The fraction of sp³-hybridized carbons (Fsp3) is 0.292. The molecule has 7 nitrogen and oxygen atoms in total. The normalized spacial score (nSPS) is 17.9. The van der Waals surface area contributed by atoms with Gasteiger partial charge in [-0.1, -0.05) is 55.0 Å². The molecule has 0 saturated carbocycles. The van der Waals surface area contributed by atoms with Crippen LogP contribution in [0.3, 0.4) is 0 Å². The standard InChI is InChI=1S/C24H25N3O4/c1-4-16-7-5-6-15(3)21(16)25-19(28)12-27-18-13-31-23(29)20(18)22(26-24(27)30)17-10-8-14(2)9-11-17/h5-11,22H,4,12-13H2,1-3H3,(H,25,28)(H,26,30)/t22-/m1/s1. The van der Waals surface area contributed by atoms with Crippen molar-refractivity contribution in [2.24, 2.45) is 0 Å². The summed E-state index contributed by atoms with van der Waals surface area (Å²) in [6.07, 6.45) is 0.775. The average molecular weight is 419 g/mol. The van der Waals surface area contributed by atoms with Crippen molar-refractivity contribution in [2.75, 3.05) is 18.5 Å². The molecule has 7 heteroatoms. The van der Waals surface area contributed by atoms with Gasteiger partial charge in [-0.15, -0.1) is 0 Å². The van der Waals surface area contributed by atoms with Crippen LogP contribution in [-0.2, 0) is 20.7 Å². The van der Waals surface area contributed by atoms with Crippen molar-refractivity contribution in [3.8, 4) is 0 Å². The number of hydrogen-bond acceptors (Lipinski definition) is 4. The Morgan fingerprint density at radius 1 is 1.16 bits per heavy atom. The first-order valence-corrected chi connectivity index (χ1v) is 10.3. The summed E-state index contributed by atoms with van der Waals surface area (Å²) >= 11 is 0. The number of carbonyl (C=O) groups excluding carboxylic acids is 3. The number of rotatable bonds is 5. The summed E-state index contributed by atoms with van der Waals surface area (Å²) < 4.78 is 5.23. The lowest BCUT2D eigenvalue weighted by atomic mass is 9.95. The summed E-state index contributed by atoms with van der Waals surface area (Å²) in [5.74, 6) is -0.808. The van der Waals surface area contributed by atoms with Gasteiger partial charge >= 0.3 is 12.0 Å². The molecular formula is C24H25N3O4. The molecule has 0 aliphatic carbocycles. The maximum atomic E-state index is 12.9. The zero-order valence-corrected chi connectivity index (χ0v) is 17.8. The third-order valence-electron chi connectivity index (χ3n) is 5.72. The molecule has 3 amide bonds. The summed E-state index contributed by atoms with van der Waals surface area (Å²) in [6, 6.07) is 12.4. The molecule has 0 aromatic heterocycles. The second-order valence-electron chi connectivity index (χ2n) is 7.83. The number of aryl methyl sites for hydroxylation is 3. The van der Waals surface area contributed by atoms with E-state index in [1.807, 2.05) is 63.2 Å². The van der Waals surface area contributed by atoms with Gasteiger partial charge in [0.15, 0.2) is 0 Å². The van der Waals surface area contributed by atoms with Crippen LogP contribution in [0.4, 0.5) is 10.5 Å². The lowest BCUT2D eigenvalue weighted by molar-refractivity contribution is -0.136. The number of benzene rings is 2. The van der Waals surface area contributed by atoms with Crippen molar-refractivity contribution < 1.29 is 19.1 Å². The molecule has 2 N–H and O–H groups in total. The molecule has 0 radical (unpaired) electrons. The number of nitrogens with one attached hydrogen (secondary N) is 2. The van der Waals surface area contributed by atoms with Crippen LogP contribution in [0.2, 0.25) is 0 Å². The first-order chi connectivity index (χ1) is 14.9. The molecule has 31 heavy (non-hydrogen) atoms. The Labute approximate surface area is 181 Å². The molecule has 1 atom stereocenters. The number of anilines is 1. The monoisotopic (exact) mass is 419 g/mol. The second kappa shape index (κ2) is 8.26. The highest BCUT2D eigenvalue weighted by Crippen LogP contribution is 2.35. The molecule has 0 spiro atoms. The van der Waals surface area contributed by atoms with E-state index in [-0.39, 0.29) is 19.1 Å². The average Bonchev–Trinajstić information content (AvgIpc) is 3.13. The third-order valence-corrected chi connectivity index (χ3v) is 5.72. The molecule has 2 aliphatic rings. The van der Waals surface area contributed by atoms with Crippen LogP contribution in [0, 0.1) is 13.8 Å². The van der Waals surface area contributed by atoms with Gasteiger partial charge in [-0.2, -0.15) is 0 Å². The summed E-state index contributed by atoms with van der Waals surface area (Å²) in [4.78, 5) is 39.5. The van der Waals surface area contributed by atoms with Crippen LogP contribution in [-0.4, -0.2) is 36.0 Å². The largest absolute Gasteiger partial charge is 0.456 e. The van der Waals surface area contributed by atoms with E-state index in [2.05, 4.69) is 10.6 Å². The van der Waals surface area contributed by atoms with Crippen LogP contribution in [0.5, 0.6) is 0 Å². The van der Waals surface area contributed by atoms with Crippen LogP contribution in [0.25, 0.3) is 0 Å². The zero-order valence-electron chi connectivity index (χ0n) is 17.8. The van der Waals surface area contributed by atoms with E-state index >= 15 is 0 Å². The molecule has 2 aliphatic heterocycles. The number of cyclic esters (lactones) is 1. The summed E-state index contributed by atoms with van der Waals surface area (Å²) in [7, 11) is 0. The number of esters is 1. The lowest BCUT2D eigenvalue weighted by Gasteiger charge is -2.32. The molecular weight excluding hydrogens is 394 g/mol. The van der Waals surface area contributed by atoms with Crippen molar-refractivity contribution >= 4 is 23.6 Å². The molecule has 0 fully saturated rings. The number of urea groups is 1. The Hall–Kier alpha value is -3.61. The minimum atomic E-state index is -0.597. The minimum absolute atomic E-state index is 0.0260. The van der Waals surface area contributed by atoms with Gasteiger partial charge in [0.2, 0.25) is 5.91 Å². The van der Waals surface area contributed by atoms with Gasteiger partial charge in [-0.25, -0.2) is 9.59 Å². The Balaban J connectivity index is 1.60. The summed E-state index contributed by atoms with van der Waals surface area (Å²) in [6.45, 7) is 5.68. The fourth-order valence-corrected chi connectivity index (χ4v) is 4.01. The van der Waals surface area contributed by atoms with Gasteiger partial charge < -0.3 is 15.4 Å². The highest BCUT2D eigenvalue weighted by Gasteiger charge is 2.42. The number of para-hydroxylation sites is 1. The third kappa shape index (κ3) is 3.91. The van der Waals surface area contributed by atoms with E-state index in [1.54, 1.807) is 0 Å². The highest BCUT2D eigenvalue weighted by molar-refractivity contribution is 6.00. The zero-order chi connectivity index (χ0) is 22.1. The van der Waals surface area contributed by atoms with E-state index in [9.17, 15) is 14.4 Å². The Morgan fingerprint density at radius 2 is 1.90 bits per heavy atom. The molecule has 0 unspecified atom stereocenters. The van der Waals surface area contributed by atoms with E-state index in [0.717, 1.165) is 34.4 Å². The van der Waals surface area contributed by atoms with Crippen molar-refractivity contribution in [1.29, 1.82) is 0 Å². The Morgan fingerprint density at radius 3 is 2.61 bits per heavy atom. The van der Waals surface area contributed by atoms with Gasteiger partial charge in [-0.3, -0.25) is 9.69 Å². The molecule has 2 aromatic carbocycles. The smallest absolute Gasteiger partial charge is 0.338 e. The van der Waals surface area contributed by atoms with Gasteiger partial charge in [0.05, 0.1) is 17.3 Å². The molecule has 2 heterocycles. The van der Waals surface area contributed by atoms with Crippen molar-refractivity contribution in [3.05, 3.63) is 76.0 Å². The summed E-state index contributed by atoms with van der Waals surface area (Å²) in [5, 5.41) is 5.78. The predicted molar refractivity (Wildman–Crippen MR) is 116 cm³/mol. The lowest BCUT2D eigenvalue weighted by Crippen LogP contribution is -2.49. The van der Waals surface area contributed by atoms with Crippen LogP contribution < -0.4 is 10.6 Å². The van der Waals surface area contributed by atoms with Gasteiger partial charge in [0.25, 0.3) is 0 Å². The van der Waals surface area contributed by atoms with Gasteiger partial charge in [-0.05, 0) is 37.0 Å². The molecule has 0 bridgehead atoms. The van der Waals surface area contributed by atoms with Gasteiger partial charge in [0.1, 0.15) is 13.2 Å². The number of ether oxygens (including phenoxy) is 1. The van der Waals surface area contributed by atoms with E-state index in [0.29, 0.717) is 11.3 Å². The number of hydrogen-bond donors (Lipinski definition) is 2. The Kier molecular flexibility index (Phi) is 5.50. The number of nitrogens with zero attached hydrogens (tertiary/aromatic N) is 1. The summed E-state index contributed by atoms with van der Waals surface area (Å²) in [5.41, 5.74) is 5.43. The van der Waals surface area contributed by atoms with Crippen molar-refractivity contribution in [1.82, 2.24) is 10.2 Å². The maximum absolute atomic E-state index is 12.9. The minimum Gasteiger partial charge on any atom is -0.456 e. The number of amides is 3. The van der Waals surface area contributed by atoms with E-state index < -0.39 is 18.0 Å². The first kappa shape index (κ1) is 20.7. The SMILES string of the molecule is CCc1cccc(C)c1NC(=O)CN1C(=O)N[C@H](c2ccc(C)cc2)C2=C1COC2=O. The van der Waals surface area contributed by atoms with E-state index in [4.69, 9.17) is 4.74 Å². The van der Waals surface area contributed by atoms with Crippen molar-refractivity contribution in [2.45, 2.75) is 33.2 Å². The van der Waals surface area contributed by atoms with Crippen molar-refractivity contribution in [3.63, 3.8) is 0 Å². The Bertz CT molecular complexity index is 1090. The highest BCUT2D eigenvalue weighted by atomic mass is 16.5. The maximum Gasteiger partial charge on any atom is 0.338 e. The first-order valence-electron chi connectivity index (χ1n) is 10.3. The topological polar surface area (TPSA) is 87.7 Å². The molecule has 160 valence electrons. The van der Waals surface area contributed by atoms with Crippen LogP contribution in [0.1, 0.15) is 35.2 Å². The molecule has 2 aromatic rings. The van der Waals surface area contributed by atoms with Crippen LogP contribution in [0.15, 0.2) is 53.7 Å². The number of carbonyl (C=O) groups is 3.